The van der Waals surface area contributed by atoms with E-state index in [4.69, 9.17) is 9.47 Å². The predicted molar refractivity (Wildman–Crippen MR) is 141 cm³/mol. The van der Waals surface area contributed by atoms with E-state index in [1.165, 1.54) is 11.3 Å². The average molecular weight is 522 g/mol. The zero-order chi connectivity index (χ0) is 26.4. The summed E-state index contributed by atoms with van der Waals surface area (Å²) in [6, 6.07) is 9.97. The number of benzene rings is 1. The molecule has 1 aliphatic rings. The van der Waals surface area contributed by atoms with Crippen molar-refractivity contribution in [2.24, 2.45) is 0 Å². The molecule has 1 atom stereocenters. The van der Waals surface area contributed by atoms with Crippen LogP contribution in [0.3, 0.4) is 0 Å². The molecule has 1 aromatic carbocycles. The Bertz CT molecular complexity index is 1310. The van der Waals surface area contributed by atoms with Gasteiger partial charge in [-0.3, -0.25) is 4.79 Å². The summed E-state index contributed by atoms with van der Waals surface area (Å²) in [6.07, 6.45) is 4.01. The van der Waals surface area contributed by atoms with Gasteiger partial charge in [0.25, 0.3) is 0 Å². The molecule has 3 aromatic rings. The predicted octanol–water partition coefficient (Wildman–Crippen LogP) is 4.85. The van der Waals surface area contributed by atoms with Crippen molar-refractivity contribution in [2.45, 2.75) is 52.6 Å². The third-order valence-corrected chi connectivity index (χ3v) is 7.39. The number of hydrogen-bond acceptors (Lipinski definition) is 7. The molecule has 0 bridgehead atoms. The van der Waals surface area contributed by atoms with Gasteiger partial charge in [-0.1, -0.05) is 25.1 Å². The van der Waals surface area contributed by atoms with Crippen molar-refractivity contribution in [1.29, 1.82) is 5.26 Å². The van der Waals surface area contributed by atoms with Gasteiger partial charge in [0.05, 0.1) is 37.3 Å². The summed E-state index contributed by atoms with van der Waals surface area (Å²) < 4.78 is 13.0. The number of nitrogens with one attached hydrogen (secondary N) is 1. The highest BCUT2D eigenvalue weighted by Crippen LogP contribution is 2.37. The Balaban J connectivity index is 1.36. The van der Waals surface area contributed by atoms with Crippen LogP contribution in [0.5, 0.6) is 5.75 Å². The second kappa shape index (κ2) is 11.9. The van der Waals surface area contributed by atoms with E-state index in [1.54, 1.807) is 11.2 Å². The number of fused-ring (bicyclic) bond motifs is 1. The molecule has 1 N–H and O–H groups in total. The average Bonchev–Trinajstić information content (AvgIpc) is 3.45. The quantitative estimate of drug-likeness (QED) is 0.431. The third kappa shape index (κ3) is 6.30. The number of ether oxygens (including phenoxy) is 2. The van der Waals surface area contributed by atoms with Gasteiger partial charge in [-0.15, -0.1) is 11.3 Å². The maximum Gasteiger partial charge on any atom is 0.410 e. The van der Waals surface area contributed by atoms with E-state index in [1.807, 2.05) is 55.8 Å². The van der Waals surface area contributed by atoms with Crippen LogP contribution in [0.1, 0.15) is 53.4 Å². The Morgan fingerprint density at radius 3 is 2.86 bits per heavy atom. The maximum absolute atomic E-state index is 12.9. The summed E-state index contributed by atoms with van der Waals surface area (Å²) in [4.78, 5) is 32.2. The van der Waals surface area contributed by atoms with E-state index in [9.17, 15) is 14.9 Å². The van der Waals surface area contributed by atoms with Crippen LogP contribution in [0.2, 0.25) is 0 Å². The zero-order valence-corrected chi connectivity index (χ0v) is 22.1. The summed E-state index contributed by atoms with van der Waals surface area (Å²) in [5, 5.41) is 13.3. The molecule has 4 rings (SSSR count). The second-order valence-corrected chi connectivity index (χ2v) is 10.1. The van der Waals surface area contributed by atoms with Gasteiger partial charge in [-0.2, -0.15) is 5.26 Å². The number of anilines is 1. The molecule has 0 radical (unpaired) electrons. The lowest BCUT2D eigenvalue weighted by Crippen LogP contribution is -2.36. The molecule has 37 heavy (non-hydrogen) atoms. The van der Waals surface area contributed by atoms with Crippen molar-refractivity contribution in [1.82, 2.24) is 14.5 Å². The molecule has 0 spiro atoms. The fourth-order valence-corrected chi connectivity index (χ4v) is 5.66. The lowest BCUT2D eigenvalue weighted by molar-refractivity contribution is -0.116. The van der Waals surface area contributed by atoms with Gasteiger partial charge in [-0.25, -0.2) is 9.78 Å². The minimum atomic E-state index is -0.387. The van der Waals surface area contributed by atoms with Gasteiger partial charge < -0.3 is 24.3 Å². The van der Waals surface area contributed by atoms with Crippen LogP contribution in [0, 0.1) is 18.3 Å². The Hall–Kier alpha value is -3.84. The molecule has 0 aliphatic carbocycles. The fraction of sp³-hybridized carbons (Fsp3) is 0.407. The summed E-state index contributed by atoms with van der Waals surface area (Å²) in [5.74, 6) is 0.556. The summed E-state index contributed by atoms with van der Waals surface area (Å²) in [6.45, 7) is 7.97. The highest BCUT2D eigenvalue weighted by Gasteiger charge is 2.28. The van der Waals surface area contributed by atoms with Crippen LogP contribution in [0.15, 0.2) is 36.8 Å². The number of nitrogens with zero attached hydrogens (tertiary/aromatic N) is 4. The highest BCUT2D eigenvalue weighted by molar-refractivity contribution is 7.16. The highest BCUT2D eigenvalue weighted by atomic mass is 32.1. The van der Waals surface area contributed by atoms with Crippen molar-refractivity contribution < 1.29 is 19.1 Å². The van der Waals surface area contributed by atoms with E-state index in [-0.39, 0.29) is 30.9 Å². The number of nitriles is 1. The smallest absolute Gasteiger partial charge is 0.410 e. The van der Waals surface area contributed by atoms with Gasteiger partial charge >= 0.3 is 6.09 Å². The van der Waals surface area contributed by atoms with Gasteiger partial charge in [0.15, 0.2) is 0 Å². The molecule has 0 saturated carbocycles. The Morgan fingerprint density at radius 2 is 2.14 bits per heavy atom. The minimum absolute atomic E-state index is 0.0561. The first-order valence-electron chi connectivity index (χ1n) is 12.4. The normalized spacial score (nSPS) is 13.4. The monoisotopic (exact) mass is 521 g/mol. The summed E-state index contributed by atoms with van der Waals surface area (Å²) in [5.41, 5.74) is 3.27. The van der Waals surface area contributed by atoms with Crippen LogP contribution < -0.4 is 10.1 Å². The molecule has 2 amide bonds. The minimum Gasteiger partial charge on any atom is -0.494 e. The third-order valence-electron chi connectivity index (χ3n) is 6.26. The van der Waals surface area contributed by atoms with Crippen LogP contribution in [0.4, 0.5) is 9.80 Å². The number of carbonyl (C=O) groups excluding carboxylic acids is 2. The molecule has 0 saturated heterocycles. The number of para-hydroxylation sites is 1. The Kier molecular flexibility index (Phi) is 8.46. The summed E-state index contributed by atoms with van der Waals surface area (Å²) in [7, 11) is 0. The SMILES string of the molecule is CCOc1ccccc1[C@@H](C)CC(=O)Nc1sc2c(c1C#N)CCN(C(=O)OCCn1cnc(C)c1)C2. The van der Waals surface area contributed by atoms with Crippen molar-refractivity contribution in [3.63, 3.8) is 0 Å². The lowest BCUT2D eigenvalue weighted by atomic mass is 9.96. The topological polar surface area (TPSA) is 109 Å². The number of amides is 2. The molecular weight excluding hydrogens is 490 g/mol. The number of hydrogen-bond donors (Lipinski definition) is 1. The van der Waals surface area contributed by atoms with Gasteiger partial charge in [0, 0.05) is 24.0 Å². The summed E-state index contributed by atoms with van der Waals surface area (Å²) >= 11 is 1.35. The molecule has 194 valence electrons. The first kappa shape index (κ1) is 26.2. The molecule has 0 fully saturated rings. The molecule has 2 aromatic heterocycles. The van der Waals surface area contributed by atoms with E-state index in [2.05, 4.69) is 16.4 Å². The Labute approximate surface area is 220 Å². The van der Waals surface area contributed by atoms with Crippen molar-refractivity contribution >= 4 is 28.3 Å². The van der Waals surface area contributed by atoms with E-state index >= 15 is 0 Å². The van der Waals surface area contributed by atoms with Crippen molar-refractivity contribution in [3.05, 3.63) is 64.1 Å². The standard InChI is InChI=1S/C27H31N5O4S/c1-4-35-23-8-6-5-7-20(23)18(2)13-25(33)30-26-22(14-28)21-9-10-32(16-24(21)37-26)27(34)36-12-11-31-15-19(3)29-17-31/h5-8,15,17-18H,4,9-13,16H2,1-3H3,(H,30,33)/t18-/m0/s1. The second-order valence-electron chi connectivity index (χ2n) is 8.98. The van der Waals surface area contributed by atoms with E-state index < -0.39 is 0 Å². The van der Waals surface area contributed by atoms with Crippen LogP contribution >= 0.6 is 11.3 Å². The van der Waals surface area contributed by atoms with E-state index in [0.717, 1.165) is 27.4 Å². The molecule has 10 heteroatoms. The molecule has 3 heterocycles. The van der Waals surface area contributed by atoms with Crippen LogP contribution in [0.25, 0.3) is 0 Å². The van der Waals surface area contributed by atoms with E-state index in [0.29, 0.717) is 43.2 Å². The number of imidazole rings is 1. The number of thiophene rings is 1. The van der Waals surface area contributed by atoms with Crippen LogP contribution in [-0.4, -0.2) is 46.2 Å². The lowest BCUT2D eigenvalue weighted by Gasteiger charge is -2.26. The van der Waals surface area contributed by atoms with Crippen LogP contribution in [-0.2, 0) is 29.0 Å². The number of aromatic nitrogens is 2. The van der Waals surface area contributed by atoms with Gasteiger partial charge in [0.1, 0.15) is 23.4 Å². The Morgan fingerprint density at radius 1 is 1.32 bits per heavy atom. The number of aryl methyl sites for hydroxylation is 1. The number of carbonyl (C=O) groups is 2. The van der Waals surface area contributed by atoms with Crippen molar-refractivity contribution in [3.8, 4) is 11.8 Å². The van der Waals surface area contributed by atoms with Gasteiger partial charge in [0.2, 0.25) is 5.91 Å². The first-order chi connectivity index (χ1) is 17.9. The largest absolute Gasteiger partial charge is 0.494 e. The molecular formula is C27H31N5O4S. The number of rotatable bonds is 9. The fourth-order valence-electron chi connectivity index (χ4n) is 4.43. The zero-order valence-electron chi connectivity index (χ0n) is 21.3. The van der Waals surface area contributed by atoms with Crippen molar-refractivity contribution in [2.75, 3.05) is 25.1 Å². The molecule has 1 aliphatic heterocycles. The molecule has 0 unspecified atom stereocenters. The maximum atomic E-state index is 12.9. The molecule has 9 nitrogen and oxygen atoms in total. The first-order valence-corrected chi connectivity index (χ1v) is 13.2. The van der Waals surface area contributed by atoms with Gasteiger partial charge in [-0.05, 0) is 43.4 Å².